The third-order valence-electron chi connectivity index (χ3n) is 5.56. The molecule has 4 rings (SSSR count). The summed E-state index contributed by atoms with van der Waals surface area (Å²) in [5, 5.41) is 12.1. The monoisotopic (exact) mass is 402 g/mol. The quantitative estimate of drug-likeness (QED) is 0.588. The maximum Gasteiger partial charge on any atom is 0.232 e. The molecule has 0 spiro atoms. The van der Waals surface area contributed by atoms with Gasteiger partial charge in [0.1, 0.15) is 18.2 Å². The van der Waals surface area contributed by atoms with Gasteiger partial charge in [-0.2, -0.15) is 5.26 Å². The SMILES string of the molecule is COCCOc1nccc(-c2ccc3cc(N4CCN(C)CC4)ccc3c2)c1C#N. The van der Waals surface area contributed by atoms with E-state index in [2.05, 4.69) is 64.3 Å². The number of nitrogens with zero attached hydrogens (tertiary/aromatic N) is 4. The topological polar surface area (TPSA) is 61.6 Å². The van der Waals surface area contributed by atoms with E-state index in [1.165, 1.54) is 11.1 Å². The maximum atomic E-state index is 9.72. The van der Waals surface area contributed by atoms with Crippen molar-refractivity contribution < 1.29 is 9.47 Å². The standard InChI is InChI=1S/C24H26N4O2/c1-27-9-11-28(12-10-27)21-6-5-18-15-20(4-3-19(18)16-21)22-7-8-26-24(23(22)17-25)30-14-13-29-2/h3-8,15-16H,9-14H2,1-2H3. The fourth-order valence-electron chi connectivity index (χ4n) is 3.78. The van der Waals surface area contributed by atoms with Crippen LogP contribution >= 0.6 is 0 Å². The molecular weight excluding hydrogens is 376 g/mol. The van der Waals surface area contributed by atoms with Crippen LogP contribution in [0.3, 0.4) is 0 Å². The highest BCUT2D eigenvalue weighted by Gasteiger charge is 2.16. The molecule has 2 aromatic carbocycles. The molecule has 154 valence electrons. The summed E-state index contributed by atoms with van der Waals surface area (Å²) in [6, 6.07) is 17.0. The molecule has 0 bridgehead atoms. The van der Waals surface area contributed by atoms with Gasteiger partial charge in [0.15, 0.2) is 0 Å². The number of hydrogen-bond acceptors (Lipinski definition) is 6. The van der Waals surface area contributed by atoms with Crippen LogP contribution in [0.5, 0.6) is 5.88 Å². The lowest BCUT2D eigenvalue weighted by molar-refractivity contribution is 0.143. The Hall–Kier alpha value is -3.14. The van der Waals surface area contributed by atoms with Crippen LogP contribution in [0.2, 0.25) is 0 Å². The van der Waals surface area contributed by atoms with Gasteiger partial charge in [0.25, 0.3) is 0 Å². The second-order valence-electron chi connectivity index (χ2n) is 7.53. The van der Waals surface area contributed by atoms with Crippen molar-refractivity contribution in [3.8, 4) is 23.1 Å². The van der Waals surface area contributed by atoms with Crippen LogP contribution in [-0.4, -0.2) is 63.4 Å². The van der Waals surface area contributed by atoms with Crippen LogP contribution in [0.1, 0.15) is 5.56 Å². The molecule has 6 nitrogen and oxygen atoms in total. The number of pyridine rings is 1. The number of hydrogen-bond donors (Lipinski definition) is 0. The summed E-state index contributed by atoms with van der Waals surface area (Å²) in [6.45, 7) is 5.08. The van der Waals surface area contributed by atoms with Crippen molar-refractivity contribution in [2.45, 2.75) is 0 Å². The molecule has 1 saturated heterocycles. The van der Waals surface area contributed by atoms with Gasteiger partial charge in [0, 0.05) is 50.7 Å². The van der Waals surface area contributed by atoms with Crippen LogP contribution in [-0.2, 0) is 4.74 Å². The van der Waals surface area contributed by atoms with Crippen molar-refractivity contribution in [2.24, 2.45) is 0 Å². The molecule has 1 fully saturated rings. The van der Waals surface area contributed by atoms with E-state index in [-0.39, 0.29) is 0 Å². The molecule has 0 radical (unpaired) electrons. The summed E-state index contributed by atoms with van der Waals surface area (Å²) < 4.78 is 10.7. The lowest BCUT2D eigenvalue weighted by atomic mass is 9.98. The van der Waals surface area contributed by atoms with E-state index in [4.69, 9.17) is 9.47 Å². The van der Waals surface area contributed by atoms with Crippen molar-refractivity contribution in [1.82, 2.24) is 9.88 Å². The van der Waals surface area contributed by atoms with E-state index >= 15 is 0 Å². The van der Waals surface area contributed by atoms with E-state index in [0.717, 1.165) is 42.7 Å². The van der Waals surface area contributed by atoms with Crippen molar-refractivity contribution in [1.29, 1.82) is 5.26 Å². The van der Waals surface area contributed by atoms with Crippen LogP contribution in [0.4, 0.5) is 5.69 Å². The Bertz CT molecular complexity index is 1070. The summed E-state index contributed by atoms with van der Waals surface area (Å²) in [5.74, 6) is 0.345. The van der Waals surface area contributed by atoms with Crippen LogP contribution in [0.25, 0.3) is 21.9 Å². The van der Waals surface area contributed by atoms with Gasteiger partial charge in [-0.05, 0) is 47.6 Å². The Morgan fingerprint density at radius 1 is 1.00 bits per heavy atom. The Balaban J connectivity index is 1.63. The average Bonchev–Trinajstić information content (AvgIpc) is 2.79. The van der Waals surface area contributed by atoms with Gasteiger partial charge in [0.2, 0.25) is 5.88 Å². The molecule has 0 amide bonds. The highest BCUT2D eigenvalue weighted by Crippen LogP contribution is 2.32. The number of ether oxygens (including phenoxy) is 2. The molecule has 0 atom stereocenters. The summed E-state index contributed by atoms with van der Waals surface area (Å²) in [6.07, 6.45) is 1.68. The fraction of sp³-hybridized carbons (Fsp3) is 0.333. The molecule has 3 aromatic rings. The highest BCUT2D eigenvalue weighted by atomic mass is 16.5. The predicted octanol–water partition coefficient (Wildman–Crippen LogP) is 3.55. The van der Waals surface area contributed by atoms with E-state index < -0.39 is 0 Å². The molecule has 0 N–H and O–H groups in total. The van der Waals surface area contributed by atoms with Gasteiger partial charge in [-0.15, -0.1) is 0 Å². The molecule has 30 heavy (non-hydrogen) atoms. The number of aromatic nitrogens is 1. The smallest absolute Gasteiger partial charge is 0.232 e. The first kappa shape index (κ1) is 20.1. The zero-order valence-corrected chi connectivity index (χ0v) is 17.5. The van der Waals surface area contributed by atoms with Crippen molar-refractivity contribution in [3.63, 3.8) is 0 Å². The molecule has 6 heteroatoms. The van der Waals surface area contributed by atoms with Crippen molar-refractivity contribution in [3.05, 3.63) is 54.2 Å². The first-order valence-electron chi connectivity index (χ1n) is 10.2. The van der Waals surface area contributed by atoms with Crippen LogP contribution in [0.15, 0.2) is 48.7 Å². The minimum atomic E-state index is 0.345. The van der Waals surface area contributed by atoms with Gasteiger partial charge in [-0.3, -0.25) is 0 Å². The van der Waals surface area contributed by atoms with Gasteiger partial charge in [-0.1, -0.05) is 18.2 Å². The third-order valence-corrected chi connectivity index (χ3v) is 5.56. The zero-order chi connectivity index (χ0) is 20.9. The molecule has 0 aliphatic carbocycles. The Kier molecular flexibility index (Phi) is 6.12. The minimum Gasteiger partial charge on any atom is -0.474 e. The molecule has 1 aliphatic rings. The Morgan fingerprint density at radius 2 is 1.77 bits per heavy atom. The van der Waals surface area contributed by atoms with Gasteiger partial charge >= 0.3 is 0 Å². The molecule has 0 saturated carbocycles. The number of likely N-dealkylation sites (N-methyl/N-ethyl adjacent to an activating group) is 1. The molecular formula is C24H26N4O2. The van der Waals surface area contributed by atoms with Gasteiger partial charge in [0.05, 0.1) is 6.61 Å². The second-order valence-corrected chi connectivity index (χ2v) is 7.53. The predicted molar refractivity (Wildman–Crippen MR) is 119 cm³/mol. The molecule has 0 unspecified atom stereocenters. The Labute approximate surface area is 177 Å². The van der Waals surface area contributed by atoms with Crippen LogP contribution in [0, 0.1) is 11.3 Å². The number of anilines is 1. The largest absolute Gasteiger partial charge is 0.474 e. The lowest BCUT2D eigenvalue weighted by Crippen LogP contribution is -2.44. The summed E-state index contributed by atoms with van der Waals surface area (Å²) in [4.78, 5) is 9.03. The number of benzene rings is 2. The van der Waals surface area contributed by atoms with Gasteiger partial charge in [-0.25, -0.2) is 4.98 Å². The lowest BCUT2D eigenvalue weighted by Gasteiger charge is -2.34. The van der Waals surface area contributed by atoms with Gasteiger partial charge < -0.3 is 19.3 Å². The number of rotatable bonds is 6. The maximum absolute atomic E-state index is 9.72. The summed E-state index contributed by atoms with van der Waals surface area (Å²) >= 11 is 0. The normalized spacial score (nSPS) is 14.6. The second kappa shape index (κ2) is 9.12. The van der Waals surface area contributed by atoms with E-state index in [9.17, 15) is 5.26 Å². The van der Waals surface area contributed by atoms with E-state index in [1.807, 2.05) is 6.07 Å². The first-order valence-corrected chi connectivity index (χ1v) is 10.2. The summed E-state index contributed by atoms with van der Waals surface area (Å²) in [7, 11) is 3.78. The first-order chi connectivity index (χ1) is 14.7. The number of fused-ring (bicyclic) bond motifs is 1. The minimum absolute atomic E-state index is 0.345. The average molecular weight is 402 g/mol. The Morgan fingerprint density at radius 3 is 2.53 bits per heavy atom. The number of piperazine rings is 1. The van der Waals surface area contributed by atoms with Crippen molar-refractivity contribution >= 4 is 16.5 Å². The number of methoxy groups -OCH3 is 1. The van der Waals surface area contributed by atoms with E-state index in [1.54, 1.807) is 13.3 Å². The molecule has 2 heterocycles. The van der Waals surface area contributed by atoms with Crippen LogP contribution < -0.4 is 9.64 Å². The third kappa shape index (κ3) is 4.23. The van der Waals surface area contributed by atoms with E-state index in [0.29, 0.717) is 24.7 Å². The van der Waals surface area contributed by atoms with Crippen molar-refractivity contribution in [2.75, 3.05) is 58.5 Å². The number of nitriles is 1. The fourth-order valence-corrected chi connectivity index (χ4v) is 3.78. The molecule has 1 aliphatic heterocycles. The highest BCUT2D eigenvalue weighted by molar-refractivity contribution is 5.90. The summed E-state index contributed by atoms with van der Waals surface area (Å²) in [5.41, 5.74) is 3.51. The zero-order valence-electron chi connectivity index (χ0n) is 17.5. The molecule has 1 aromatic heterocycles.